The summed E-state index contributed by atoms with van der Waals surface area (Å²) in [7, 11) is 0. The van der Waals surface area contributed by atoms with E-state index in [0.29, 0.717) is 90.2 Å². The number of furan rings is 1. The first-order valence-corrected chi connectivity index (χ1v) is 43.8. The molecule has 8 aliphatic rings. The lowest BCUT2D eigenvalue weighted by atomic mass is 9.56. The minimum atomic E-state index is -0.314. The molecule has 20 unspecified atom stereocenters. The van der Waals surface area contributed by atoms with Crippen molar-refractivity contribution in [3.8, 4) is 23.0 Å². The second-order valence-electron chi connectivity index (χ2n) is 45.2. The summed E-state index contributed by atoms with van der Waals surface area (Å²) in [6.45, 7) is 66.2. The van der Waals surface area contributed by atoms with Crippen LogP contribution in [0.4, 0.5) is 17.1 Å². The van der Waals surface area contributed by atoms with Crippen LogP contribution in [0.5, 0.6) is 23.0 Å². The number of anilines is 3. The zero-order valence-electron chi connectivity index (χ0n) is 75.4. The van der Waals surface area contributed by atoms with Gasteiger partial charge in [-0.1, -0.05) is 217 Å². The number of carbonyl (C=O) groups is 3. The highest BCUT2D eigenvalue weighted by Crippen LogP contribution is 2.71. The largest absolute Gasteiger partial charge is 0.465 e. The number of hydrogen-bond donors (Lipinski definition) is 0. The number of para-hydroxylation sites is 1. The first kappa shape index (κ1) is 89.3. The molecular weight excluding hydrogens is 1430 g/mol. The van der Waals surface area contributed by atoms with Gasteiger partial charge in [0.25, 0.3) is 0 Å². The van der Waals surface area contributed by atoms with Gasteiger partial charge in [-0.15, -0.1) is 0 Å². The molecule has 0 amide bonds. The Morgan fingerprint density at radius 2 is 0.776 bits per heavy atom. The lowest BCUT2D eigenvalue weighted by molar-refractivity contribution is -0.132. The van der Waals surface area contributed by atoms with E-state index in [1.165, 1.54) is 95.2 Å². The third-order valence-corrected chi connectivity index (χ3v) is 28.9. The standard InChI is InChI=1S/C35H43NO2.C26H35NO2.C22H33NO2.C21H32O2.CH4/c1-23(37)38-29-15-11-14-28(22-29)36(26-12-9-8-10-13-26)27-18-16-24(17-19-27)30-20-25-21-31(30)33(35(5,6)7)32(25)34(2,3)4;1-15(28)29-19-9-8-16-10-18(14-27-22(16)13-19)20-11-17-12-21(20)24(26(5,6)7)23(17)25(2,3)4;1-13(24)25-15-8-9-18(23-12-15)16-10-14-11-17(16)20(22(5,6)7)19(14)21(2,3)4;1-8-22-14-11-17(23-12-14)15-9-13-10-16(15)19(21(5,6)7)18(13)20(2,3)4;/h8-19,22,25,30-33H,20-21H2,1-7H3;8-10,13-14,17,20-21,23-24H,11-12H2,1-7H3;8-9,12,14,16-17,19-20H,10-11H2,1-7H3;8,11-13,15-16,18-19H,1,9-10H2,2-7H3;1H4. The molecule has 4 aromatic carbocycles. The van der Waals surface area contributed by atoms with Gasteiger partial charge in [0.05, 0.1) is 18.0 Å². The molecule has 8 saturated carbocycles. The molecule has 15 rings (SSSR count). The van der Waals surface area contributed by atoms with Crippen molar-refractivity contribution >= 4 is 45.9 Å². The molecule has 116 heavy (non-hydrogen) atoms. The quantitative estimate of drug-likeness (QED) is 0.0658. The molecule has 8 fully saturated rings. The summed E-state index contributed by atoms with van der Waals surface area (Å²) >= 11 is 0. The van der Waals surface area contributed by atoms with Gasteiger partial charge in [0.15, 0.2) is 5.75 Å². The van der Waals surface area contributed by atoms with Crippen molar-refractivity contribution in [1.29, 1.82) is 0 Å². The van der Waals surface area contributed by atoms with Crippen LogP contribution in [-0.2, 0) is 14.4 Å². The maximum absolute atomic E-state index is 11.6. The number of fused-ring (bicyclic) bond motifs is 9. The van der Waals surface area contributed by atoms with Crippen LogP contribution < -0.4 is 23.8 Å². The van der Waals surface area contributed by atoms with E-state index < -0.39 is 0 Å². The van der Waals surface area contributed by atoms with Crippen LogP contribution in [0.2, 0.25) is 0 Å². The molecule has 20 atom stereocenters. The summed E-state index contributed by atoms with van der Waals surface area (Å²) in [6, 6.07) is 41.5. The number of benzene rings is 4. The number of hydrogen-bond acceptors (Lipinski definition) is 11. The van der Waals surface area contributed by atoms with Crippen molar-refractivity contribution in [2.45, 2.75) is 269 Å². The van der Waals surface area contributed by atoms with Gasteiger partial charge in [0, 0.05) is 85.1 Å². The van der Waals surface area contributed by atoms with E-state index in [4.69, 9.17) is 28.3 Å². The number of carbonyl (C=O) groups excluding carboxylic acids is 3. The summed E-state index contributed by atoms with van der Waals surface area (Å²) in [6.07, 6.45) is 17.5. The highest BCUT2D eigenvalue weighted by Gasteiger charge is 2.63. The van der Waals surface area contributed by atoms with Crippen molar-refractivity contribution in [3.63, 3.8) is 0 Å². The number of rotatable bonds is 12. The first-order valence-electron chi connectivity index (χ1n) is 43.8. The Morgan fingerprint density at radius 1 is 0.379 bits per heavy atom. The fraction of sp³-hybridized carbons (Fsp3) is 0.610. The van der Waals surface area contributed by atoms with Crippen molar-refractivity contribution in [2.75, 3.05) is 4.90 Å². The van der Waals surface area contributed by atoms with Crippen molar-refractivity contribution in [2.24, 2.45) is 138 Å². The summed E-state index contributed by atoms with van der Waals surface area (Å²) < 4.78 is 27.0. The Balaban J connectivity index is 0.000000155. The molecule has 0 saturated heterocycles. The van der Waals surface area contributed by atoms with Gasteiger partial charge in [-0.05, 0) is 279 Å². The van der Waals surface area contributed by atoms with Crippen LogP contribution in [0.15, 0.2) is 157 Å². The Kier molecular flexibility index (Phi) is 25.8. The van der Waals surface area contributed by atoms with E-state index in [9.17, 15) is 14.4 Å². The lowest BCUT2D eigenvalue weighted by Crippen LogP contribution is -2.42. The number of nitrogens with zero attached hydrogens (tertiary/aromatic N) is 3. The predicted molar refractivity (Wildman–Crippen MR) is 477 cm³/mol. The van der Waals surface area contributed by atoms with Crippen molar-refractivity contribution in [3.05, 3.63) is 175 Å². The van der Waals surface area contributed by atoms with Gasteiger partial charge in [0.1, 0.15) is 29.3 Å². The number of pyridine rings is 2. The van der Waals surface area contributed by atoms with E-state index >= 15 is 0 Å². The second kappa shape index (κ2) is 33.6. The van der Waals surface area contributed by atoms with Crippen LogP contribution in [0.3, 0.4) is 0 Å². The molecule has 0 N–H and O–H groups in total. The van der Waals surface area contributed by atoms with Gasteiger partial charge >= 0.3 is 17.9 Å². The topological polar surface area (TPSA) is 130 Å². The highest BCUT2D eigenvalue weighted by molar-refractivity contribution is 5.82. The SMILES string of the molecule is C.C=COc1coc(C2CC3CC2C(C(C)(C)C)C3C(C)(C)C)c1.CC(=O)Oc1ccc(C2CC3CC2C(C(C)(C)C)C3C(C)(C)C)nc1.CC(=O)Oc1ccc2cc(C3CC4CC3C(C(C)(C)C)C4C(C)(C)C)cnc2c1.CC(=O)Oc1cccc(N(c2ccccc2)c2ccc(C3CC4CC3C(C(C)(C)C)C4C(C)(C)C)cc2)c1. The third-order valence-electron chi connectivity index (χ3n) is 28.9. The molecule has 0 aliphatic heterocycles. The zero-order valence-corrected chi connectivity index (χ0v) is 75.4. The molecule has 0 spiro atoms. The average molecular weight is 1580 g/mol. The van der Waals surface area contributed by atoms with Gasteiger partial charge in [-0.3, -0.25) is 24.4 Å². The normalized spacial score (nSPS) is 29.1. The van der Waals surface area contributed by atoms with Gasteiger partial charge in [-0.25, -0.2) is 0 Å². The fourth-order valence-electron chi connectivity index (χ4n) is 26.4. The maximum Gasteiger partial charge on any atom is 0.308 e. The molecule has 7 aromatic rings. The molecule has 0 radical (unpaired) electrons. The van der Waals surface area contributed by atoms with Crippen LogP contribution in [0.1, 0.15) is 292 Å². The summed E-state index contributed by atoms with van der Waals surface area (Å²) in [5, 5.41) is 1.13. The van der Waals surface area contributed by atoms with Crippen LogP contribution >= 0.6 is 0 Å². The van der Waals surface area contributed by atoms with Gasteiger partial charge < -0.3 is 28.3 Å². The molecule has 8 bridgehead atoms. The van der Waals surface area contributed by atoms with Crippen molar-refractivity contribution < 1.29 is 37.7 Å². The smallest absolute Gasteiger partial charge is 0.308 e. The highest BCUT2D eigenvalue weighted by atomic mass is 16.5. The number of esters is 3. The van der Waals surface area contributed by atoms with E-state index in [1.54, 1.807) is 12.5 Å². The Morgan fingerprint density at radius 3 is 1.22 bits per heavy atom. The fourth-order valence-corrected chi connectivity index (χ4v) is 26.4. The van der Waals surface area contributed by atoms with Gasteiger partial charge in [-0.2, -0.15) is 0 Å². The minimum absolute atomic E-state index is 0. The molecule has 11 heteroatoms. The second-order valence-corrected chi connectivity index (χ2v) is 45.2. The number of aromatic nitrogens is 2. The predicted octanol–water partition coefficient (Wildman–Crippen LogP) is 28.5. The van der Waals surface area contributed by atoms with E-state index in [-0.39, 0.29) is 25.3 Å². The van der Waals surface area contributed by atoms with Crippen molar-refractivity contribution in [1.82, 2.24) is 9.97 Å². The van der Waals surface area contributed by atoms with Crippen LogP contribution in [0, 0.1) is 138 Å². The van der Waals surface area contributed by atoms with Crippen LogP contribution in [0.25, 0.3) is 10.9 Å². The lowest BCUT2D eigenvalue weighted by Gasteiger charge is -2.48. The van der Waals surface area contributed by atoms with E-state index in [1.807, 2.05) is 48.5 Å². The molecule has 630 valence electrons. The zero-order chi connectivity index (χ0) is 83.9. The molecular formula is C105H147N3O8. The first-order chi connectivity index (χ1) is 53.5. The molecule has 8 aliphatic carbocycles. The summed E-state index contributed by atoms with van der Waals surface area (Å²) in [4.78, 5) is 45.5. The summed E-state index contributed by atoms with van der Waals surface area (Å²) in [5.41, 5.74) is 10.8. The monoisotopic (exact) mass is 1580 g/mol. The van der Waals surface area contributed by atoms with E-state index in [0.717, 1.165) is 128 Å². The average Bonchev–Trinajstić information content (AvgIpc) is 1.58. The third kappa shape index (κ3) is 19.2. The molecule has 11 nitrogen and oxygen atoms in total. The number of ether oxygens (including phenoxy) is 4. The molecule has 3 aromatic heterocycles. The Hall–Kier alpha value is -7.53. The Bertz CT molecular complexity index is 4530. The molecule has 3 heterocycles. The van der Waals surface area contributed by atoms with Gasteiger partial charge in [0.2, 0.25) is 0 Å². The maximum atomic E-state index is 11.6. The summed E-state index contributed by atoms with van der Waals surface area (Å²) in [5.74, 6) is 17.3. The minimum Gasteiger partial charge on any atom is -0.465 e. The van der Waals surface area contributed by atoms with E-state index in [2.05, 4.69) is 262 Å². The van der Waals surface area contributed by atoms with Crippen LogP contribution in [-0.4, -0.2) is 27.9 Å². The Labute approximate surface area is 700 Å².